The Kier molecular flexibility index (Phi) is 3.88. The van der Waals surface area contributed by atoms with Crippen LogP contribution < -0.4 is 0 Å². The Morgan fingerprint density at radius 1 is 1.64 bits per heavy atom. The molecule has 0 aliphatic rings. The van der Waals surface area contributed by atoms with E-state index in [9.17, 15) is 0 Å². The molecule has 0 aromatic carbocycles. The zero-order valence-corrected chi connectivity index (χ0v) is 10.1. The Hall–Kier alpha value is 0.450. The molecular formula is C7H8INS2. The first-order chi connectivity index (χ1) is 5.27. The molecule has 0 amide bonds. The Morgan fingerprint density at radius 2 is 2.36 bits per heavy atom. The van der Waals surface area contributed by atoms with Crippen LogP contribution in [0.25, 0.3) is 0 Å². The van der Waals surface area contributed by atoms with E-state index in [1.807, 2.05) is 29.1 Å². The van der Waals surface area contributed by atoms with Gasteiger partial charge in [-0.3, -0.25) is 0 Å². The van der Waals surface area contributed by atoms with Crippen molar-refractivity contribution in [1.82, 2.24) is 0 Å². The maximum atomic E-state index is 4.15. The standard InChI is InChI=1S/C7H8INS2/c1-5-3-4-6(11-5)7(9-8)10-2/h3-4H,1-2H3. The lowest BCUT2D eigenvalue weighted by Crippen LogP contribution is -1.86. The number of hydrogen-bond donors (Lipinski definition) is 0. The van der Waals surface area contributed by atoms with Gasteiger partial charge >= 0.3 is 0 Å². The molecular weight excluding hydrogens is 289 g/mol. The molecule has 0 aliphatic carbocycles. The summed E-state index contributed by atoms with van der Waals surface area (Å²) in [4.78, 5) is 2.61. The first-order valence-corrected chi connectivity index (χ1v) is 6.08. The minimum Gasteiger partial charge on any atom is -0.207 e. The number of thiophene rings is 1. The maximum absolute atomic E-state index is 4.15. The van der Waals surface area contributed by atoms with E-state index in [1.54, 1.807) is 23.1 Å². The minimum atomic E-state index is 1.11. The molecule has 0 aliphatic heterocycles. The van der Waals surface area contributed by atoms with Gasteiger partial charge in [0.15, 0.2) is 0 Å². The van der Waals surface area contributed by atoms with E-state index in [1.165, 1.54) is 9.75 Å². The van der Waals surface area contributed by atoms with Crippen LogP contribution in [0, 0.1) is 6.92 Å². The average Bonchev–Trinajstić information content (AvgIpc) is 2.39. The SMILES string of the molecule is CSC(=NI)c1ccc(C)s1. The Balaban J connectivity index is 2.91. The number of thioether (sulfide) groups is 1. The van der Waals surface area contributed by atoms with Gasteiger partial charge in [-0.1, -0.05) is 0 Å². The number of rotatable bonds is 1. The van der Waals surface area contributed by atoms with E-state index >= 15 is 0 Å². The van der Waals surface area contributed by atoms with Gasteiger partial charge in [-0.2, -0.15) is 0 Å². The summed E-state index contributed by atoms with van der Waals surface area (Å²) in [6.45, 7) is 2.11. The van der Waals surface area contributed by atoms with Gasteiger partial charge in [0.25, 0.3) is 0 Å². The van der Waals surface area contributed by atoms with Crippen molar-refractivity contribution in [3.8, 4) is 0 Å². The van der Waals surface area contributed by atoms with E-state index in [4.69, 9.17) is 0 Å². The monoisotopic (exact) mass is 297 g/mol. The lowest BCUT2D eigenvalue weighted by molar-refractivity contribution is 1.64. The fourth-order valence-corrected chi connectivity index (χ4v) is 3.21. The fourth-order valence-electron chi connectivity index (χ4n) is 0.726. The topological polar surface area (TPSA) is 12.4 Å². The van der Waals surface area contributed by atoms with Crippen LogP contribution in [0.4, 0.5) is 0 Å². The van der Waals surface area contributed by atoms with Gasteiger partial charge in [-0.15, -0.1) is 23.1 Å². The summed E-state index contributed by atoms with van der Waals surface area (Å²) >= 11 is 5.51. The molecule has 0 bridgehead atoms. The van der Waals surface area contributed by atoms with E-state index in [0.29, 0.717) is 0 Å². The molecule has 4 heteroatoms. The molecule has 0 atom stereocenters. The summed E-state index contributed by atoms with van der Waals surface area (Å²) in [7, 11) is 0. The second kappa shape index (κ2) is 4.47. The van der Waals surface area contributed by atoms with Crippen molar-refractivity contribution in [2.75, 3.05) is 6.26 Å². The lowest BCUT2D eigenvalue weighted by Gasteiger charge is -1.93. The third-order valence-electron chi connectivity index (χ3n) is 1.22. The van der Waals surface area contributed by atoms with Crippen LogP contribution in [0.5, 0.6) is 0 Å². The van der Waals surface area contributed by atoms with Crippen molar-refractivity contribution in [2.45, 2.75) is 6.92 Å². The van der Waals surface area contributed by atoms with Crippen LogP contribution in [0.3, 0.4) is 0 Å². The van der Waals surface area contributed by atoms with Crippen molar-refractivity contribution in [3.63, 3.8) is 0 Å². The minimum absolute atomic E-state index is 1.11. The van der Waals surface area contributed by atoms with Gasteiger partial charge in [-0.05, 0) is 25.3 Å². The first kappa shape index (κ1) is 9.54. The highest BCUT2D eigenvalue weighted by atomic mass is 127. The van der Waals surface area contributed by atoms with Crippen LogP contribution in [0.2, 0.25) is 0 Å². The van der Waals surface area contributed by atoms with E-state index < -0.39 is 0 Å². The van der Waals surface area contributed by atoms with Gasteiger partial charge in [-0.25, -0.2) is 3.21 Å². The normalized spacial score (nSPS) is 12.1. The smallest absolute Gasteiger partial charge is 0.120 e. The second-order valence-corrected chi connectivity index (χ2v) is 4.57. The molecule has 0 saturated heterocycles. The van der Waals surface area contributed by atoms with Crippen molar-refractivity contribution < 1.29 is 0 Å². The number of nitrogens with zero attached hydrogens (tertiary/aromatic N) is 1. The zero-order valence-electron chi connectivity index (χ0n) is 6.30. The Bertz CT molecular complexity index is 267. The predicted molar refractivity (Wildman–Crippen MR) is 63.1 cm³/mol. The van der Waals surface area contributed by atoms with E-state index in [-0.39, 0.29) is 0 Å². The first-order valence-electron chi connectivity index (χ1n) is 3.07. The van der Waals surface area contributed by atoms with Gasteiger partial charge in [0.1, 0.15) is 5.04 Å². The molecule has 0 spiro atoms. The Morgan fingerprint density at radius 3 is 2.73 bits per heavy atom. The van der Waals surface area contributed by atoms with Crippen LogP contribution >= 0.6 is 46.0 Å². The van der Waals surface area contributed by atoms with Crippen LogP contribution in [-0.2, 0) is 0 Å². The second-order valence-electron chi connectivity index (χ2n) is 2.00. The van der Waals surface area contributed by atoms with E-state index in [0.717, 1.165) is 5.04 Å². The highest BCUT2D eigenvalue weighted by molar-refractivity contribution is 14.1. The zero-order chi connectivity index (χ0) is 8.27. The molecule has 0 saturated carbocycles. The quantitative estimate of drug-likeness (QED) is 0.439. The lowest BCUT2D eigenvalue weighted by atomic mass is 10.4. The van der Waals surface area contributed by atoms with E-state index in [2.05, 4.69) is 22.3 Å². The number of halogens is 1. The van der Waals surface area contributed by atoms with Gasteiger partial charge in [0.05, 0.1) is 27.7 Å². The third kappa shape index (κ3) is 2.45. The van der Waals surface area contributed by atoms with Crippen LogP contribution in [-0.4, -0.2) is 11.3 Å². The summed E-state index contributed by atoms with van der Waals surface area (Å²) in [5, 5.41) is 1.11. The fraction of sp³-hybridized carbons (Fsp3) is 0.286. The molecule has 0 unspecified atom stereocenters. The maximum Gasteiger partial charge on any atom is 0.120 e. The number of hydrogen-bond acceptors (Lipinski definition) is 3. The number of aryl methyl sites for hydroxylation is 1. The molecule has 1 aromatic rings. The van der Waals surface area contributed by atoms with Crippen molar-refractivity contribution in [2.24, 2.45) is 3.21 Å². The Labute approximate surface area is 88.8 Å². The van der Waals surface area contributed by atoms with Crippen molar-refractivity contribution in [3.05, 3.63) is 21.9 Å². The molecule has 1 aromatic heterocycles. The van der Waals surface area contributed by atoms with Crippen molar-refractivity contribution in [1.29, 1.82) is 0 Å². The largest absolute Gasteiger partial charge is 0.207 e. The predicted octanol–water partition coefficient (Wildman–Crippen LogP) is 3.52. The summed E-state index contributed by atoms with van der Waals surface area (Å²) in [6, 6.07) is 4.24. The molecule has 0 fully saturated rings. The molecule has 1 nitrogen and oxygen atoms in total. The van der Waals surface area contributed by atoms with Gasteiger partial charge < -0.3 is 0 Å². The highest BCUT2D eigenvalue weighted by Gasteiger charge is 2.02. The summed E-state index contributed by atoms with van der Waals surface area (Å²) in [5.74, 6) is 0. The molecule has 60 valence electrons. The average molecular weight is 297 g/mol. The molecule has 0 N–H and O–H groups in total. The summed E-state index contributed by atoms with van der Waals surface area (Å²) < 4.78 is 4.15. The molecule has 11 heavy (non-hydrogen) atoms. The molecule has 1 rings (SSSR count). The summed E-state index contributed by atoms with van der Waals surface area (Å²) in [6.07, 6.45) is 2.05. The van der Waals surface area contributed by atoms with Crippen molar-refractivity contribution >= 4 is 51.0 Å². The molecule has 0 radical (unpaired) electrons. The van der Waals surface area contributed by atoms with Gasteiger partial charge in [0.2, 0.25) is 0 Å². The van der Waals surface area contributed by atoms with Crippen LogP contribution in [0.1, 0.15) is 9.75 Å². The van der Waals surface area contributed by atoms with Gasteiger partial charge in [0, 0.05) is 4.88 Å². The molecule has 1 heterocycles. The highest BCUT2D eigenvalue weighted by Crippen LogP contribution is 2.21. The van der Waals surface area contributed by atoms with Crippen LogP contribution in [0.15, 0.2) is 15.3 Å². The summed E-state index contributed by atoms with van der Waals surface area (Å²) in [5.41, 5.74) is 0. The third-order valence-corrected chi connectivity index (χ3v) is 3.87.